The van der Waals surface area contributed by atoms with Crippen LogP contribution in [0.3, 0.4) is 0 Å². The first-order chi connectivity index (χ1) is 9.34. The Kier molecular flexibility index (Phi) is 4.28. The normalized spacial score (nSPS) is 11.1. The Morgan fingerprint density at radius 2 is 2.10 bits per heavy atom. The molecule has 1 aromatic heterocycles. The van der Waals surface area contributed by atoms with Crippen molar-refractivity contribution in [3.63, 3.8) is 0 Å². The number of nitrogens with two attached hydrogens (primary N) is 1. The molecule has 0 amide bonds. The fourth-order valence-corrected chi connectivity index (χ4v) is 2.97. The van der Waals surface area contributed by atoms with Crippen LogP contribution in [-0.2, 0) is 10.0 Å². The van der Waals surface area contributed by atoms with Crippen LogP contribution < -0.4 is 15.8 Å². The number of anilines is 2. The van der Waals surface area contributed by atoms with Gasteiger partial charge in [0.1, 0.15) is 0 Å². The lowest BCUT2D eigenvalue weighted by molar-refractivity contribution is 0.596. The summed E-state index contributed by atoms with van der Waals surface area (Å²) < 4.78 is 21.9. The topological polar surface area (TPSA) is 110 Å². The molecule has 20 heavy (non-hydrogen) atoms. The van der Waals surface area contributed by atoms with Gasteiger partial charge >= 0.3 is 0 Å². The summed E-state index contributed by atoms with van der Waals surface area (Å²) in [5.41, 5.74) is 1.91. The van der Waals surface area contributed by atoms with Gasteiger partial charge in [0.2, 0.25) is 9.47 Å². The van der Waals surface area contributed by atoms with E-state index in [2.05, 4.69) is 20.8 Å². The second-order valence-corrected chi connectivity index (χ2v) is 6.99. The lowest BCUT2D eigenvalue weighted by Crippen LogP contribution is -2.18. The molecule has 0 unspecified atom stereocenters. The largest absolute Gasteiger partial charge is 0.332 e. The Bertz CT molecular complexity index is 741. The standard InChI is InChI=1S/C10H11N5O2S3/c1-6-3-2-4-7(5-6)12-8(18)13-9-14-15-10(19-9)20(11,16)17/h2-5H,1H3,(H2,11,16,17)(H2,12,13,14,18). The molecule has 4 N–H and O–H groups in total. The minimum atomic E-state index is -3.84. The van der Waals surface area contributed by atoms with Crippen molar-refractivity contribution in [1.29, 1.82) is 0 Å². The Hall–Kier alpha value is -1.62. The van der Waals surface area contributed by atoms with Crippen LogP contribution in [0.25, 0.3) is 0 Å². The summed E-state index contributed by atoms with van der Waals surface area (Å²) in [6, 6.07) is 7.63. The molecule has 0 radical (unpaired) electrons. The third-order valence-electron chi connectivity index (χ3n) is 2.15. The number of thiocarbonyl (C=S) groups is 1. The summed E-state index contributed by atoms with van der Waals surface area (Å²) in [4.78, 5) is 0. The summed E-state index contributed by atoms with van der Waals surface area (Å²) in [5, 5.41) is 18.3. The SMILES string of the molecule is Cc1cccc(NC(=S)Nc2nnc(S(N)(=O)=O)s2)c1. The highest BCUT2D eigenvalue weighted by Crippen LogP contribution is 2.19. The number of primary sulfonamides is 1. The van der Waals surface area contributed by atoms with E-state index in [-0.39, 0.29) is 14.6 Å². The van der Waals surface area contributed by atoms with Crippen molar-refractivity contribution in [2.24, 2.45) is 5.14 Å². The van der Waals surface area contributed by atoms with Gasteiger partial charge in [0.05, 0.1) is 0 Å². The highest BCUT2D eigenvalue weighted by atomic mass is 32.2. The molecule has 1 heterocycles. The van der Waals surface area contributed by atoms with E-state index >= 15 is 0 Å². The molecule has 106 valence electrons. The lowest BCUT2D eigenvalue weighted by Gasteiger charge is -2.08. The van der Waals surface area contributed by atoms with Crippen molar-refractivity contribution >= 4 is 49.5 Å². The Morgan fingerprint density at radius 1 is 1.35 bits per heavy atom. The number of rotatable bonds is 3. The van der Waals surface area contributed by atoms with Crippen LogP contribution >= 0.6 is 23.6 Å². The fourth-order valence-electron chi connectivity index (χ4n) is 1.36. The zero-order chi connectivity index (χ0) is 14.8. The quantitative estimate of drug-likeness (QED) is 0.728. The van der Waals surface area contributed by atoms with Crippen molar-refractivity contribution < 1.29 is 8.42 Å². The maximum absolute atomic E-state index is 11.1. The van der Waals surface area contributed by atoms with Crippen LogP contribution in [0.4, 0.5) is 10.8 Å². The number of benzene rings is 1. The molecule has 1 aromatic carbocycles. The molecule has 0 aliphatic carbocycles. The van der Waals surface area contributed by atoms with Gasteiger partial charge in [0.15, 0.2) is 5.11 Å². The molecule has 0 atom stereocenters. The average molecular weight is 329 g/mol. The number of sulfonamides is 1. The van der Waals surface area contributed by atoms with Crippen LogP contribution in [0.1, 0.15) is 5.56 Å². The van der Waals surface area contributed by atoms with E-state index < -0.39 is 10.0 Å². The van der Waals surface area contributed by atoms with Crippen LogP contribution in [-0.4, -0.2) is 23.7 Å². The van der Waals surface area contributed by atoms with E-state index in [1.54, 1.807) is 0 Å². The second kappa shape index (κ2) is 5.79. The molecule has 0 bridgehead atoms. The van der Waals surface area contributed by atoms with Crippen LogP contribution in [0.5, 0.6) is 0 Å². The van der Waals surface area contributed by atoms with E-state index in [0.717, 1.165) is 22.6 Å². The van der Waals surface area contributed by atoms with E-state index in [1.165, 1.54) is 0 Å². The lowest BCUT2D eigenvalue weighted by atomic mass is 10.2. The highest BCUT2D eigenvalue weighted by molar-refractivity contribution is 7.91. The van der Waals surface area contributed by atoms with Gasteiger partial charge < -0.3 is 10.6 Å². The molecule has 0 spiro atoms. The Labute approximate surface area is 125 Å². The Balaban J connectivity index is 2.03. The average Bonchev–Trinajstić information content (AvgIpc) is 2.76. The highest BCUT2D eigenvalue weighted by Gasteiger charge is 2.15. The van der Waals surface area contributed by atoms with Crippen LogP contribution in [0, 0.1) is 6.92 Å². The molecule has 0 aliphatic rings. The summed E-state index contributed by atoms with van der Waals surface area (Å²) in [6.07, 6.45) is 0. The van der Waals surface area contributed by atoms with Gasteiger partial charge in [-0.1, -0.05) is 23.5 Å². The van der Waals surface area contributed by atoms with Gasteiger partial charge in [0.25, 0.3) is 10.0 Å². The minimum absolute atomic E-state index is 0.249. The van der Waals surface area contributed by atoms with Crippen molar-refractivity contribution in [3.05, 3.63) is 29.8 Å². The first-order valence-corrected chi connectivity index (χ1v) is 8.13. The predicted molar refractivity (Wildman–Crippen MR) is 82.3 cm³/mol. The Morgan fingerprint density at radius 3 is 2.70 bits per heavy atom. The zero-order valence-corrected chi connectivity index (χ0v) is 12.8. The maximum Gasteiger partial charge on any atom is 0.267 e. The number of hydrogen-bond donors (Lipinski definition) is 3. The second-order valence-electron chi connectivity index (χ2n) is 3.87. The molecule has 2 aromatic rings. The molecule has 0 saturated carbocycles. The van der Waals surface area contributed by atoms with Crippen molar-refractivity contribution in [1.82, 2.24) is 10.2 Å². The van der Waals surface area contributed by atoms with Gasteiger partial charge in [-0.25, -0.2) is 13.6 Å². The van der Waals surface area contributed by atoms with E-state index in [0.29, 0.717) is 0 Å². The van der Waals surface area contributed by atoms with Gasteiger partial charge in [0, 0.05) is 5.69 Å². The summed E-state index contributed by atoms with van der Waals surface area (Å²) >= 11 is 5.91. The number of nitrogens with one attached hydrogen (secondary N) is 2. The monoisotopic (exact) mass is 329 g/mol. The molecular weight excluding hydrogens is 318 g/mol. The zero-order valence-electron chi connectivity index (χ0n) is 10.3. The van der Waals surface area contributed by atoms with E-state index in [1.807, 2.05) is 31.2 Å². The third-order valence-corrected chi connectivity index (χ3v) is 4.50. The molecule has 2 rings (SSSR count). The van der Waals surface area contributed by atoms with Crippen LogP contribution in [0.15, 0.2) is 28.6 Å². The molecule has 0 saturated heterocycles. The van der Waals surface area contributed by atoms with E-state index in [4.69, 9.17) is 17.4 Å². The first-order valence-electron chi connectivity index (χ1n) is 5.35. The van der Waals surface area contributed by atoms with Gasteiger partial charge in [-0.3, -0.25) is 0 Å². The van der Waals surface area contributed by atoms with Crippen LogP contribution in [0.2, 0.25) is 0 Å². The number of aromatic nitrogens is 2. The van der Waals surface area contributed by atoms with Crippen molar-refractivity contribution in [2.45, 2.75) is 11.3 Å². The molecule has 10 heteroatoms. The van der Waals surface area contributed by atoms with E-state index in [9.17, 15) is 8.42 Å². The predicted octanol–water partition coefficient (Wildman–Crippen LogP) is 1.30. The number of nitrogens with zero attached hydrogens (tertiary/aromatic N) is 2. The molecule has 0 fully saturated rings. The summed E-state index contributed by atoms with van der Waals surface area (Å²) in [7, 11) is -3.84. The smallest absolute Gasteiger partial charge is 0.267 e. The molecule has 7 nitrogen and oxygen atoms in total. The van der Waals surface area contributed by atoms with Crippen molar-refractivity contribution in [3.8, 4) is 0 Å². The van der Waals surface area contributed by atoms with Gasteiger partial charge in [-0.2, -0.15) is 0 Å². The fraction of sp³-hybridized carbons (Fsp3) is 0.100. The minimum Gasteiger partial charge on any atom is -0.332 e. The molecular formula is C10H11N5O2S3. The third kappa shape index (κ3) is 3.93. The first kappa shape index (κ1) is 14.8. The van der Waals surface area contributed by atoms with Gasteiger partial charge in [-0.05, 0) is 36.8 Å². The summed E-state index contributed by atoms with van der Waals surface area (Å²) in [5.74, 6) is 0. The summed E-state index contributed by atoms with van der Waals surface area (Å²) in [6.45, 7) is 1.96. The molecule has 0 aliphatic heterocycles. The van der Waals surface area contributed by atoms with Gasteiger partial charge in [-0.15, -0.1) is 10.2 Å². The number of aryl methyl sites for hydroxylation is 1. The maximum atomic E-state index is 11.1. The number of hydrogen-bond acceptors (Lipinski definition) is 6. The van der Waals surface area contributed by atoms with Crippen molar-refractivity contribution in [2.75, 3.05) is 10.6 Å².